The Kier molecular flexibility index (Phi) is 3.43. The van der Waals surface area contributed by atoms with Gasteiger partial charge in [-0.1, -0.05) is 22.9 Å². The average molecular weight is 151 g/mol. The van der Waals surface area contributed by atoms with Crippen molar-refractivity contribution < 1.29 is 4.79 Å². The first-order chi connectivity index (χ1) is 2.77. The smallest absolute Gasteiger partial charge is 0.121 e. The number of carbonyl (C=O) groups excluding carboxylic acids is 1. The van der Waals surface area contributed by atoms with Crippen LogP contribution in [-0.4, -0.2) is 11.1 Å². The minimum absolute atomic E-state index is 0.343. The summed E-state index contributed by atoms with van der Waals surface area (Å²) in [5.74, 6) is 0. The Morgan fingerprint density at radius 2 is 2.50 bits per heavy atom. The van der Waals surface area contributed by atoms with Gasteiger partial charge in [0.2, 0.25) is 0 Å². The quantitative estimate of drug-likeness (QED) is 0.430. The van der Waals surface area contributed by atoms with Crippen LogP contribution in [0.5, 0.6) is 0 Å². The largest absolute Gasteiger partial charge is 0.303 e. The molecule has 6 heavy (non-hydrogen) atoms. The van der Waals surface area contributed by atoms with Gasteiger partial charge in [-0.15, -0.1) is 0 Å². The molecule has 1 nitrogen and oxygen atoms in total. The summed E-state index contributed by atoms with van der Waals surface area (Å²) in [6.07, 6.45) is 1.51. The van der Waals surface area contributed by atoms with Crippen LogP contribution in [-0.2, 0) is 4.79 Å². The van der Waals surface area contributed by atoms with E-state index in [9.17, 15) is 4.79 Å². The molecular weight excluding hydrogens is 144 g/mol. The molecule has 36 valence electrons. The lowest BCUT2D eigenvalue weighted by molar-refractivity contribution is -0.107. The van der Waals surface area contributed by atoms with Crippen LogP contribution in [0.3, 0.4) is 0 Å². The summed E-state index contributed by atoms with van der Waals surface area (Å²) in [5, 5.41) is 0. The predicted octanol–water partition coefficient (Wildman–Crippen LogP) is 1.36. The Labute approximate surface area is 45.9 Å². The molecule has 0 amide bonds. The summed E-state index contributed by atoms with van der Waals surface area (Å²) in [5.41, 5.74) is 0. The molecule has 0 aromatic heterocycles. The fourth-order valence-corrected chi connectivity index (χ4v) is 0.285. The predicted molar refractivity (Wildman–Crippen MR) is 29.1 cm³/mol. The van der Waals surface area contributed by atoms with E-state index < -0.39 is 0 Å². The zero-order valence-corrected chi connectivity index (χ0v) is 5.23. The van der Waals surface area contributed by atoms with Crippen LogP contribution < -0.4 is 0 Å². The number of rotatable bonds is 2. The Morgan fingerprint density at radius 1 is 2.00 bits per heavy atom. The molecule has 0 saturated heterocycles. The van der Waals surface area contributed by atoms with E-state index in [0.29, 0.717) is 11.2 Å². The van der Waals surface area contributed by atoms with E-state index in [1.54, 1.807) is 0 Å². The van der Waals surface area contributed by atoms with Gasteiger partial charge >= 0.3 is 0 Å². The van der Waals surface area contributed by atoms with Gasteiger partial charge in [0, 0.05) is 11.2 Å². The molecular formula is C4H7BrO. The van der Waals surface area contributed by atoms with E-state index in [1.807, 2.05) is 6.92 Å². The molecule has 0 aliphatic rings. The third-order valence-corrected chi connectivity index (χ3v) is 0.795. The third kappa shape index (κ3) is 4.15. The van der Waals surface area contributed by atoms with Crippen LogP contribution in [0.25, 0.3) is 0 Å². The molecule has 0 radical (unpaired) electrons. The summed E-state index contributed by atoms with van der Waals surface area (Å²) < 4.78 is 0. The van der Waals surface area contributed by atoms with Crippen molar-refractivity contribution in [3.63, 3.8) is 0 Å². The van der Waals surface area contributed by atoms with E-state index in [0.717, 1.165) is 6.29 Å². The first kappa shape index (κ1) is 6.15. The third-order valence-electron chi connectivity index (χ3n) is 0.421. The fraction of sp³-hybridized carbons (Fsp3) is 0.750. The van der Waals surface area contributed by atoms with Crippen LogP contribution in [0.15, 0.2) is 0 Å². The zero-order valence-electron chi connectivity index (χ0n) is 3.65. The lowest BCUT2D eigenvalue weighted by atomic mass is 10.4. The standard InChI is InChI=1S/C4H7BrO/c1-4(5)2-3-6/h3-4H,2H2,1H3/t4-/m1/s1. The Hall–Kier alpha value is 0.150. The highest BCUT2D eigenvalue weighted by Crippen LogP contribution is 1.98. The van der Waals surface area contributed by atoms with E-state index in [-0.39, 0.29) is 0 Å². The maximum Gasteiger partial charge on any atom is 0.121 e. The van der Waals surface area contributed by atoms with Gasteiger partial charge in [0.1, 0.15) is 6.29 Å². The van der Waals surface area contributed by atoms with Crippen molar-refractivity contribution in [1.29, 1.82) is 0 Å². The van der Waals surface area contributed by atoms with Crippen LogP contribution >= 0.6 is 15.9 Å². The van der Waals surface area contributed by atoms with Crippen molar-refractivity contribution in [2.24, 2.45) is 0 Å². The Balaban J connectivity index is 2.81. The number of hydrogen-bond donors (Lipinski definition) is 0. The van der Waals surface area contributed by atoms with Crippen molar-refractivity contribution in [1.82, 2.24) is 0 Å². The second kappa shape index (κ2) is 3.34. The van der Waals surface area contributed by atoms with Gasteiger partial charge < -0.3 is 4.79 Å². The molecule has 0 spiro atoms. The molecule has 0 aliphatic heterocycles. The maximum atomic E-state index is 9.59. The van der Waals surface area contributed by atoms with Gasteiger partial charge in [0.05, 0.1) is 0 Å². The van der Waals surface area contributed by atoms with Gasteiger partial charge in [-0.05, 0) is 0 Å². The van der Waals surface area contributed by atoms with Gasteiger partial charge in [0.15, 0.2) is 0 Å². The fourth-order valence-electron chi connectivity index (χ4n) is 0.133. The lowest BCUT2D eigenvalue weighted by Crippen LogP contribution is -1.87. The van der Waals surface area contributed by atoms with E-state index in [2.05, 4.69) is 15.9 Å². The lowest BCUT2D eigenvalue weighted by Gasteiger charge is -1.87. The second-order valence-electron chi connectivity index (χ2n) is 1.18. The van der Waals surface area contributed by atoms with Crippen LogP contribution in [0.1, 0.15) is 13.3 Å². The molecule has 2 heteroatoms. The minimum atomic E-state index is 0.343. The van der Waals surface area contributed by atoms with Crippen molar-refractivity contribution in [3.05, 3.63) is 0 Å². The zero-order chi connectivity index (χ0) is 4.99. The molecule has 0 aliphatic carbocycles. The van der Waals surface area contributed by atoms with E-state index >= 15 is 0 Å². The van der Waals surface area contributed by atoms with Gasteiger partial charge in [0.25, 0.3) is 0 Å². The molecule has 0 N–H and O–H groups in total. The highest BCUT2D eigenvalue weighted by molar-refractivity contribution is 9.09. The summed E-state index contributed by atoms with van der Waals surface area (Å²) in [6.45, 7) is 1.94. The molecule has 0 saturated carbocycles. The second-order valence-corrected chi connectivity index (χ2v) is 2.75. The number of carbonyl (C=O) groups is 1. The topological polar surface area (TPSA) is 17.1 Å². The first-order valence-electron chi connectivity index (χ1n) is 1.85. The van der Waals surface area contributed by atoms with Crippen molar-refractivity contribution in [2.75, 3.05) is 0 Å². The molecule has 0 aromatic rings. The van der Waals surface area contributed by atoms with Crippen LogP contribution in [0.4, 0.5) is 0 Å². The van der Waals surface area contributed by atoms with E-state index in [1.165, 1.54) is 0 Å². The van der Waals surface area contributed by atoms with Crippen molar-refractivity contribution in [3.8, 4) is 0 Å². The average Bonchev–Trinajstić information content (AvgIpc) is 1.35. The minimum Gasteiger partial charge on any atom is -0.303 e. The normalized spacial score (nSPS) is 13.7. The van der Waals surface area contributed by atoms with Gasteiger partial charge in [-0.2, -0.15) is 0 Å². The highest BCUT2D eigenvalue weighted by Gasteiger charge is 1.88. The molecule has 0 unspecified atom stereocenters. The summed E-state index contributed by atoms with van der Waals surface area (Å²) >= 11 is 3.20. The van der Waals surface area contributed by atoms with Crippen molar-refractivity contribution in [2.45, 2.75) is 18.2 Å². The first-order valence-corrected chi connectivity index (χ1v) is 2.76. The summed E-state index contributed by atoms with van der Waals surface area (Å²) in [6, 6.07) is 0. The summed E-state index contributed by atoms with van der Waals surface area (Å²) in [7, 11) is 0. The summed E-state index contributed by atoms with van der Waals surface area (Å²) in [4.78, 5) is 9.93. The van der Waals surface area contributed by atoms with Crippen molar-refractivity contribution >= 4 is 22.2 Å². The Morgan fingerprint density at radius 3 is 2.50 bits per heavy atom. The molecule has 1 atom stereocenters. The molecule has 0 rings (SSSR count). The number of aldehydes is 1. The van der Waals surface area contributed by atoms with Crippen LogP contribution in [0, 0.1) is 0 Å². The van der Waals surface area contributed by atoms with Crippen LogP contribution in [0.2, 0.25) is 0 Å². The number of hydrogen-bond acceptors (Lipinski definition) is 1. The monoisotopic (exact) mass is 150 g/mol. The number of halogens is 1. The SMILES string of the molecule is C[C@@H](Br)CC=O. The maximum absolute atomic E-state index is 9.59. The molecule has 0 bridgehead atoms. The number of alkyl halides is 1. The molecule has 0 heterocycles. The van der Waals surface area contributed by atoms with Gasteiger partial charge in [-0.25, -0.2) is 0 Å². The Bertz CT molecular complexity index is 42.8. The molecule has 0 fully saturated rings. The van der Waals surface area contributed by atoms with E-state index in [4.69, 9.17) is 0 Å². The van der Waals surface area contributed by atoms with Gasteiger partial charge in [-0.3, -0.25) is 0 Å². The highest BCUT2D eigenvalue weighted by atomic mass is 79.9. The molecule has 0 aromatic carbocycles.